The van der Waals surface area contributed by atoms with Gasteiger partial charge in [0.2, 0.25) is 0 Å². The molecule has 1 fully saturated rings. The fraction of sp³-hybridized carbons (Fsp3) is 0.590. The van der Waals surface area contributed by atoms with E-state index in [-0.39, 0.29) is 23.4 Å². The normalized spacial score (nSPS) is 20.3. The fourth-order valence-corrected chi connectivity index (χ4v) is 11.7. The molecule has 3 rings (SSSR count). The van der Waals surface area contributed by atoms with Gasteiger partial charge < -0.3 is 14.3 Å². The minimum Gasteiger partial charge on any atom is -0.402 e. The molecule has 0 spiro atoms. The zero-order chi connectivity index (χ0) is 32.1. The Bertz CT molecular complexity index is 1130. The maximum Gasteiger partial charge on any atom is 0.261 e. The first kappa shape index (κ1) is 36.5. The van der Waals surface area contributed by atoms with Crippen LogP contribution in [-0.4, -0.2) is 45.9 Å². The van der Waals surface area contributed by atoms with Crippen molar-refractivity contribution in [2.45, 2.75) is 147 Å². The summed E-state index contributed by atoms with van der Waals surface area (Å²) in [4.78, 5) is 0. The van der Waals surface area contributed by atoms with Gasteiger partial charge in [-0.1, -0.05) is 165 Å². The highest BCUT2D eigenvalue weighted by Crippen LogP contribution is 2.40. The lowest BCUT2D eigenvalue weighted by Gasteiger charge is -2.48. The average molecular weight is 633 g/mol. The molecule has 2 aromatic rings. The Balaban J connectivity index is 1.85. The van der Waals surface area contributed by atoms with Gasteiger partial charge in [0.15, 0.2) is 0 Å². The molecule has 0 aliphatic carbocycles. The van der Waals surface area contributed by atoms with Crippen LogP contribution in [0.3, 0.4) is 0 Å². The summed E-state index contributed by atoms with van der Waals surface area (Å²) in [5.41, 5.74) is 3.35. The molecule has 1 heterocycles. The van der Waals surface area contributed by atoms with Crippen molar-refractivity contribution in [2.75, 3.05) is 0 Å². The third-order valence-corrected chi connectivity index (χ3v) is 14.7. The van der Waals surface area contributed by atoms with Crippen molar-refractivity contribution in [3.8, 4) is 11.5 Å². The van der Waals surface area contributed by atoms with E-state index in [0.29, 0.717) is 0 Å². The molecule has 1 aliphatic heterocycles. The Morgan fingerprint density at radius 2 is 1.43 bits per heavy atom. The van der Waals surface area contributed by atoms with Crippen molar-refractivity contribution in [1.82, 2.24) is 0 Å². The molecular formula is C39H60O3Si2. The van der Waals surface area contributed by atoms with Crippen LogP contribution in [0, 0.1) is 11.5 Å². The third kappa shape index (κ3) is 10.8. The van der Waals surface area contributed by atoms with E-state index in [9.17, 15) is 5.11 Å². The molecule has 242 valence electrons. The number of unbranched alkanes of at least 4 members (excludes halogenated alkanes) is 7. The van der Waals surface area contributed by atoms with Crippen LogP contribution in [0.5, 0.6) is 0 Å². The number of benzene rings is 2. The highest BCUT2D eigenvalue weighted by molar-refractivity contribution is 6.99. The van der Waals surface area contributed by atoms with Crippen LogP contribution < -0.4 is 10.4 Å². The van der Waals surface area contributed by atoms with Gasteiger partial charge in [-0.2, -0.15) is 0 Å². The lowest BCUT2D eigenvalue weighted by Crippen LogP contribution is -2.69. The monoisotopic (exact) mass is 632 g/mol. The molecule has 5 heteroatoms. The summed E-state index contributed by atoms with van der Waals surface area (Å²) >= 11 is 0. The van der Waals surface area contributed by atoms with Crippen LogP contribution >= 0.6 is 0 Å². The van der Waals surface area contributed by atoms with Crippen LogP contribution in [0.25, 0.3) is 0 Å². The van der Waals surface area contributed by atoms with Crippen LogP contribution in [0.2, 0.25) is 24.7 Å². The molecule has 0 radical (unpaired) electrons. The molecule has 4 atom stereocenters. The average Bonchev–Trinajstić information content (AvgIpc) is 3.00. The van der Waals surface area contributed by atoms with E-state index in [0.717, 1.165) is 25.7 Å². The summed E-state index contributed by atoms with van der Waals surface area (Å²) in [6, 6.07) is 21.8. The standard InChI is InChI=1S/C39H60O3Si2/c1-8-9-10-11-12-13-14-15-16-23-28-37-38(30-29-36(41-37)35(40)31-32-43(5,6)7)42-44(39(2,3)4,33-24-19-17-20-25-33)34-26-21-18-22-27-34/h16-27,35-38,40H,8-15,28-30H2,1-7H3/b23-16-/t35-,36-,37-,38-/m1/s1. The van der Waals surface area contributed by atoms with Crippen LogP contribution in [0.4, 0.5) is 0 Å². The van der Waals surface area contributed by atoms with Crippen LogP contribution in [0.15, 0.2) is 72.8 Å². The molecule has 0 saturated carbocycles. The van der Waals surface area contributed by atoms with Gasteiger partial charge in [0, 0.05) is 0 Å². The van der Waals surface area contributed by atoms with Crippen molar-refractivity contribution >= 4 is 26.8 Å². The first-order chi connectivity index (χ1) is 21.0. The predicted octanol–water partition coefficient (Wildman–Crippen LogP) is 8.81. The topological polar surface area (TPSA) is 38.7 Å². The minimum absolute atomic E-state index is 0.0714. The van der Waals surface area contributed by atoms with E-state index in [2.05, 4.69) is 132 Å². The van der Waals surface area contributed by atoms with E-state index in [4.69, 9.17) is 9.16 Å². The Morgan fingerprint density at radius 1 is 0.864 bits per heavy atom. The van der Waals surface area contributed by atoms with Crippen molar-refractivity contribution in [3.63, 3.8) is 0 Å². The third-order valence-electron chi connectivity index (χ3n) is 8.70. The summed E-state index contributed by atoms with van der Waals surface area (Å²) in [6.07, 6.45) is 16.1. The quantitative estimate of drug-likeness (QED) is 0.0923. The zero-order valence-electron chi connectivity index (χ0n) is 28.8. The molecule has 0 aromatic heterocycles. The smallest absolute Gasteiger partial charge is 0.261 e. The van der Waals surface area contributed by atoms with Gasteiger partial charge >= 0.3 is 0 Å². The summed E-state index contributed by atoms with van der Waals surface area (Å²) in [5, 5.41) is 13.5. The number of ether oxygens (including phenoxy) is 1. The van der Waals surface area contributed by atoms with Gasteiger partial charge in [0.05, 0.1) is 18.3 Å². The summed E-state index contributed by atoms with van der Waals surface area (Å²) in [6.45, 7) is 15.9. The summed E-state index contributed by atoms with van der Waals surface area (Å²) < 4.78 is 14.3. The first-order valence-electron chi connectivity index (χ1n) is 17.3. The highest BCUT2D eigenvalue weighted by atomic mass is 28.4. The van der Waals surface area contributed by atoms with E-state index in [1.54, 1.807) is 0 Å². The number of rotatable bonds is 15. The Labute approximate surface area is 272 Å². The number of aliphatic hydroxyl groups excluding tert-OH is 1. The lowest BCUT2D eigenvalue weighted by molar-refractivity contribution is -0.134. The molecule has 3 nitrogen and oxygen atoms in total. The van der Waals surface area contributed by atoms with Crippen molar-refractivity contribution in [1.29, 1.82) is 0 Å². The van der Waals surface area contributed by atoms with Gasteiger partial charge in [-0.25, -0.2) is 0 Å². The molecule has 1 aliphatic rings. The maximum absolute atomic E-state index is 11.1. The van der Waals surface area contributed by atoms with E-state index in [1.165, 1.54) is 55.3 Å². The second kappa shape index (κ2) is 17.7. The largest absolute Gasteiger partial charge is 0.402 e. The van der Waals surface area contributed by atoms with Crippen LogP contribution in [-0.2, 0) is 9.16 Å². The Kier molecular flexibility index (Phi) is 14.7. The zero-order valence-corrected chi connectivity index (χ0v) is 30.8. The molecule has 1 N–H and O–H groups in total. The van der Waals surface area contributed by atoms with E-state index in [1.807, 2.05) is 0 Å². The summed E-state index contributed by atoms with van der Waals surface area (Å²) in [7, 11) is -4.33. The second-order valence-electron chi connectivity index (χ2n) is 14.7. The molecule has 0 amide bonds. The SMILES string of the molecule is CCCCCCCCC/C=C\C[C@H]1O[C@@H]([C@H](O)C#C[Si](C)(C)C)CC[C@H]1O[Si](c1ccccc1)(c1ccccc1)C(C)(C)C. The van der Waals surface area contributed by atoms with Gasteiger partial charge in [-0.15, -0.1) is 5.54 Å². The van der Waals surface area contributed by atoms with E-state index < -0.39 is 22.5 Å². The molecule has 0 bridgehead atoms. The van der Waals surface area contributed by atoms with Crippen LogP contribution in [0.1, 0.15) is 98.3 Å². The Hall–Kier alpha value is -1.95. The maximum atomic E-state index is 11.1. The van der Waals surface area contributed by atoms with Crippen molar-refractivity contribution in [2.24, 2.45) is 0 Å². The molecule has 0 unspecified atom stereocenters. The minimum atomic E-state index is -2.74. The second-order valence-corrected chi connectivity index (χ2v) is 23.7. The predicted molar refractivity (Wildman–Crippen MR) is 194 cm³/mol. The van der Waals surface area contributed by atoms with Crippen molar-refractivity contribution in [3.05, 3.63) is 72.8 Å². The number of aliphatic hydroxyl groups is 1. The number of hydrogen-bond acceptors (Lipinski definition) is 3. The Morgan fingerprint density at radius 3 is 1.98 bits per heavy atom. The highest BCUT2D eigenvalue weighted by Gasteiger charge is 2.53. The lowest BCUT2D eigenvalue weighted by atomic mass is 9.96. The van der Waals surface area contributed by atoms with Crippen molar-refractivity contribution < 1.29 is 14.3 Å². The molecular weight excluding hydrogens is 573 g/mol. The molecule has 1 saturated heterocycles. The number of allylic oxidation sites excluding steroid dienone is 1. The van der Waals surface area contributed by atoms with E-state index >= 15 is 0 Å². The number of hydrogen-bond donors (Lipinski definition) is 1. The summed E-state index contributed by atoms with van der Waals surface area (Å²) in [5.74, 6) is 3.15. The van der Waals surface area contributed by atoms with Gasteiger partial charge in [0.1, 0.15) is 14.2 Å². The van der Waals surface area contributed by atoms with Gasteiger partial charge in [0.25, 0.3) is 8.32 Å². The van der Waals surface area contributed by atoms with Gasteiger partial charge in [-0.3, -0.25) is 0 Å². The fourth-order valence-electron chi connectivity index (χ4n) is 6.34. The molecule has 44 heavy (non-hydrogen) atoms. The molecule has 2 aromatic carbocycles. The van der Waals surface area contributed by atoms with Gasteiger partial charge in [-0.05, 0) is 47.5 Å². The first-order valence-corrected chi connectivity index (χ1v) is 22.7.